The van der Waals surface area contributed by atoms with Crippen LogP contribution in [0.25, 0.3) is 0 Å². The van der Waals surface area contributed by atoms with Crippen LogP contribution >= 0.6 is 11.6 Å². The van der Waals surface area contributed by atoms with Gasteiger partial charge in [-0.15, -0.1) is 0 Å². The fourth-order valence-corrected chi connectivity index (χ4v) is 2.76. The summed E-state index contributed by atoms with van der Waals surface area (Å²) in [7, 11) is 0. The zero-order valence-electron chi connectivity index (χ0n) is 11.9. The lowest BCUT2D eigenvalue weighted by atomic mass is 10.1. The van der Waals surface area contributed by atoms with Crippen molar-refractivity contribution in [3.8, 4) is 0 Å². The molecule has 0 aliphatic heterocycles. The van der Waals surface area contributed by atoms with Crippen LogP contribution in [0, 0.1) is 0 Å². The summed E-state index contributed by atoms with van der Waals surface area (Å²) < 4.78 is 0. The van der Waals surface area contributed by atoms with Crippen molar-refractivity contribution < 1.29 is 4.79 Å². The van der Waals surface area contributed by atoms with E-state index in [0.29, 0.717) is 16.6 Å². The van der Waals surface area contributed by atoms with Crippen molar-refractivity contribution in [2.24, 2.45) is 0 Å². The van der Waals surface area contributed by atoms with Crippen LogP contribution in [0.15, 0.2) is 48.8 Å². The second-order valence-electron chi connectivity index (χ2n) is 5.42. The number of carbonyl (C=O) groups excluding carboxylic acids is 1. The number of nitrogens with zero attached hydrogens (tertiary/aromatic N) is 2. The van der Waals surface area contributed by atoms with Gasteiger partial charge in [0.05, 0.1) is 6.04 Å². The van der Waals surface area contributed by atoms with E-state index in [-0.39, 0.29) is 11.9 Å². The van der Waals surface area contributed by atoms with Crippen LogP contribution in [-0.4, -0.2) is 21.8 Å². The minimum absolute atomic E-state index is 0.0117. The molecule has 3 rings (SSSR count). The maximum Gasteiger partial charge on any atom is 0.254 e. The Labute approximate surface area is 129 Å². The number of hydrogen-bond donors (Lipinski definition) is 0. The van der Waals surface area contributed by atoms with E-state index < -0.39 is 0 Å². The van der Waals surface area contributed by atoms with Crippen molar-refractivity contribution in [2.45, 2.75) is 31.8 Å². The van der Waals surface area contributed by atoms with Crippen LogP contribution in [0.5, 0.6) is 0 Å². The van der Waals surface area contributed by atoms with Crippen molar-refractivity contribution >= 4 is 17.5 Å². The Kier molecular flexibility index (Phi) is 3.93. The summed E-state index contributed by atoms with van der Waals surface area (Å²) in [6.07, 6.45) is 5.70. The van der Waals surface area contributed by atoms with Gasteiger partial charge < -0.3 is 4.90 Å². The number of aromatic nitrogens is 1. The van der Waals surface area contributed by atoms with Crippen molar-refractivity contribution in [3.63, 3.8) is 0 Å². The van der Waals surface area contributed by atoms with Gasteiger partial charge in [0.1, 0.15) is 0 Å². The van der Waals surface area contributed by atoms with Gasteiger partial charge in [-0.2, -0.15) is 0 Å². The molecule has 0 saturated heterocycles. The summed E-state index contributed by atoms with van der Waals surface area (Å²) in [5, 5.41) is 0.589. The van der Waals surface area contributed by atoms with E-state index in [0.717, 1.165) is 18.4 Å². The number of rotatable bonds is 4. The molecule has 1 aliphatic rings. The molecule has 0 unspecified atom stereocenters. The average molecular weight is 301 g/mol. The molecule has 0 bridgehead atoms. The molecule has 0 spiro atoms. The predicted octanol–water partition coefficient (Wildman–Crippen LogP) is 4.10. The Balaban J connectivity index is 1.90. The van der Waals surface area contributed by atoms with Gasteiger partial charge in [-0.3, -0.25) is 9.78 Å². The van der Waals surface area contributed by atoms with Crippen molar-refractivity contribution in [1.29, 1.82) is 0 Å². The number of halogens is 1. The van der Waals surface area contributed by atoms with Crippen LogP contribution in [0.3, 0.4) is 0 Å². The summed E-state index contributed by atoms with van der Waals surface area (Å²) in [4.78, 5) is 19.0. The zero-order chi connectivity index (χ0) is 14.8. The third-order valence-corrected chi connectivity index (χ3v) is 4.07. The highest BCUT2D eigenvalue weighted by Crippen LogP contribution is 2.35. The summed E-state index contributed by atoms with van der Waals surface area (Å²) in [6, 6.07) is 11.4. The lowest BCUT2D eigenvalue weighted by molar-refractivity contribution is 0.0673. The molecule has 1 amide bonds. The van der Waals surface area contributed by atoms with Crippen molar-refractivity contribution in [2.75, 3.05) is 0 Å². The Bertz CT molecular complexity index is 640. The highest BCUT2D eigenvalue weighted by atomic mass is 35.5. The van der Waals surface area contributed by atoms with Crippen molar-refractivity contribution in [3.05, 3.63) is 64.9 Å². The minimum atomic E-state index is 0.0117. The van der Waals surface area contributed by atoms with Gasteiger partial charge in [0.2, 0.25) is 0 Å². The van der Waals surface area contributed by atoms with E-state index in [2.05, 4.69) is 11.9 Å². The molecule has 1 fully saturated rings. The molecule has 1 aromatic carbocycles. The number of amides is 1. The van der Waals surface area contributed by atoms with Crippen LogP contribution in [-0.2, 0) is 0 Å². The molecular weight excluding hydrogens is 284 g/mol. The maximum absolute atomic E-state index is 12.8. The molecule has 1 atom stereocenters. The van der Waals surface area contributed by atoms with Gasteiger partial charge in [0, 0.05) is 29.0 Å². The fourth-order valence-electron chi connectivity index (χ4n) is 2.56. The van der Waals surface area contributed by atoms with Crippen LogP contribution in [0.1, 0.15) is 41.7 Å². The first-order chi connectivity index (χ1) is 10.2. The molecule has 108 valence electrons. The van der Waals surface area contributed by atoms with E-state index in [1.807, 2.05) is 35.4 Å². The van der Waals surface area contributed by atoms with Crippen LogP contribution < -0.4 is 0 Å². The maximum atomic E-state index is 12.8. The zero-order valence-corrected chi connectivity index (χ0v) is 12.6. The molecule has 3 nitrogen and oxygen atoms in total. The summed E-state index contributed by atoms with van der Waals surface area (Å²) in [5.74, 6) is 0.0383. The Morgan fingerprint density at radius 1 is 1.33 bits per heavy atom. The SMILES string of the molecule is C[C@H](c1cccnc1)N(C(=O)c1cccc(Cl)c1)C1CC1. The van der Waals surface area contributed by atoms with Gasteiger partial charge in [-0.25, -0.2) is 0 Å². The van der Waals surface area contributed by atoms with Gasteiger partial charge >= 0.3 is 0 Å². The third kappa shape index (κ3) is 3.08. The monoisotopic (exact) mass is 300 g/mol. The molecule has 2 aromatic rings. The summed E-state index contributed by atoms with van der Waals surface area (Å²) in [5.41, 5.74) is 1.70. The quantitative estimate of drug-likeness (QED) is 0.851. The average Bonchev–Trinajstić information content (AvgIpc) is 3.33. The Morgan fingerprint density at radius 2 is 2.14 bits per heavy atom. The van der Waals surface area contributed by atoms with E-state index in [1.165, 1.54) is 0 Å². The predicted molar refractivity (Wildman–Crippen MR) is 83.3 cm³/mol. The highest BCUT2D eigenvalue weighted by Gasteiger charge is 2.36. The molecule has 1 aliphatic carbocycles. The highest BCUT2D eigenvalue weighted by molar-refractivity contribution is 6.30. The third-order valence-electron chi connectivity index (χ3n) is 3.83. The Morgan fingerprint density at radius 3 is 2.76 bits per heavy atom. The molecule has 4 heteroatoms. The molecule has 1 heterocycles. The van der Waals surface area contributed by atoms with E-state index in [4.69, 9.17) is 11.6 Å². The normalized spacial score (nSPS) is 15.5. The number of pyridine rings is 1. The first-order valence-electron chi connectivity index (χ1n) is 7.15. The Hall–Kier alpha value is -1.87. The second kappa shape index (κ2) is 5.86. The van der Waals surface area contributed by atoms with Gasteiger partial charge in [0.25, 0.3) is 5.91 Å². The summed E-state index contributed by atoms with van der Waals surface area (Å²) in [6.45, 7) is 2.05. The van der Waals surface area contributed by atoms with E-state index >= 15 is 0 Å². The molecule has 1 saturated carbocycles. The second-order valence-corrected chi connectivity index (χ2v) is 5.85. The summed E-state index contributed by atoms with van der Waals surface area (Å²) >= 11 is 6.00. The van der Waals surface area contributed by atoms with Crippen molar-refractivity contribution in [1.82, 2.24) is 9.88 Å². The largest absolute Gasteiger partial charge is 0.329 e. The topological polar surface area (TPSA) is 33.2 Å². The molecular formula is C17H17ClN2O. The van der Waals surface area contributed by atoms with Gasteiger partial charge in [0.15, 0.2) is 0 Å². The minimum Gasteiger partial charge on any atom is -0.329 e. The van der Waals surface area contributed by atoms with E-state index in [1.54, 1.807) is 18.3 Å². The van der Waals surface area contributed by atoms with Gasteiger partial charge in [-0.05, 0) is 49.6 Å². The smallest absolute Gasteiger partial charge is 0.254 e. The molecule has 0 N–H and O–H groups in total. The molecule has 0 radical (unpaired) electrons. The first kappa shape index (κ1) is 14.1. The lowest BCUT2D eigenvalue weighted by Gasteiger charge is -2.29. The molecule has 21 heavy (non-hydrogen) atoms. The van der Waals surface area contributed by atoms with E-state index in [9.17, 15) is 4.79 Å². The number of hydrogen-bond acceptors (Lipinski definition) is 2. The first-order valence-corrected chi connectivity index (χ1v) is 7.53. The van der Waals surface area contributed by atoms with Gasteiger partial charge in [-0.1, -0.05) is 23.7 Å². The fraction of sp³-hybridized carbons (Fsp3) is 0.294. The molecule has 1 aromatic heterocycles. The number of carbonyl (C=O) groups is 1. The van der Waals surface area contributed by atoms with Crippen LogP contribution in [0.4, 0.5) is 0 Å². The number of benzene rings is 1. The standard InChI is InChI=1S/C17H17ClN2O/c1-12(14-5-3-9-19-11-14)20(16-7-8-16)17(21)13-4-2-6-15(18)10-13/h2-6,9-12,16H,7-8H2,1H3/t12-/m1/s1. The van der Waals surface area contributed by atoms with Crippen LogP contribution in [0.2, 0.25) is 5.02 Å². The lowest BCUT2D eigenvalue weighted by Crippen LogP contribution is -2.35.